The van der Waals surface area contributed by atoms with Crippen molar-refractivity contribution in [3.05, 3.63) is 23.4 Å². The van der Waals surface area contributed by atoms with Gasteiger partial charge >= 0.3 is 5.97 Å². The normalized spacial score (nSPS) is 18.2. The van der Waals surface area contributed by atoms with Gasteiger partial charge in [-0.3, -0.25) is 4.79 Å². The third-order valence-corrected chi connectivity index (χ3v) is 3.56. The molecular weight excluding hydrogens is 272 g/mol. The third-order valence-electron chi connectivity index (χ3n) is 3.56. The number of nitrogens with one attached hydrogen (secondary N) is 2. The second kappa shape index (κ2) is 6.53. The van der Waals surface area contributed by atoms with Gasteiger partial charge in [-0.15, -0.1) is 0 Å². The van der Waals surface area contributed by atoms with Crippen LogP contribution in [-0.4, -0.2) is 56.7 Å². The Morgan fingerprint density at radius 2 is 2.24 bits per heavy atom. The Labute approximate surface area is 123 Å². The zero-order valence-electron chi connectivity index (χ0n) is 12.5. The van der Waals surface area contributed by atoms with Gasteiger partial charge in [-0.25, -0.2) is 9.78 Å². The standard InChI is InChI=1S/C14H20N4O3/c1-9-10(14(20)21-3)4-5-12(17-9)18-7-6-16-8-11(18)13(19)15-2/h4-5,11,16H,6-8H2,1-3H3,(H,15,19). The Morgan fingerprint density at radius 3 is 2.86 bits per heavy atom. The van der Waals surface area contributed by atoms with Gasteiger partial charge in [0.1, 0.15) is 11.9 Å². The first-order valence-electron chi connectivity index (χ1n) is 6.83. The molecule has 0 saturated carbocycles. The van der Waals surface area contributed by atoms with Crippen LogP contribution < -0.4 is 15.5 Å². The van der Waals surface area contributed by atoms with Crippen LogP contribution in [0.3, 0.4) is 0 Å². The highest BCUT2D eigenvalue weighted by Gasteiger charge is 2.29. The van der Waals surface area contributed by atoms with Crippen molar-refractivity contribution in [3.8, 4) is 0 Å². The minimum absolute atomic E-state index is 0.0568. The molecule has 1 aliphatic rings. The Kier molecular flexibility index (Phi) is 4.74. The van der Waals surface area contributed by atoms with Gasteiger partial charge in [0.2, 0.25) is 5.91 Å². The maximum Gasteiger partial charge on any atom is 0.339 e. The summed E-state index contributed by atoms with van der Waals surface area (Å²) in [6.45, 7) is 3.79. The third kappa shape index (κ3) is 3.13. The summed E-state index contributed by atoms with van der Waals surface area (Å²) in [4.78, 5) is 30.0. The van der Waals surface area contributed by atoms with Gasteiger partial charge in [-0.2, -0.15) is 0 Å². The molecule has 2 heterocycles. The number of ether oxygens (including phenoxy) is 1. The van der Waals surface area contributed by atoms with Gasteiger partial charge in [0.05, 0.1) is 18.4 Å². The molecule has 1 unspecified atom stereocenters. The van der Waals surface area contributed by atoms with Crippen LogP contribution in [-0.2, 0) is 9.53 Å². The monoisotopic (exact) mass is 292 g/mol. The molecule has 1 aliphatic heterocycles. The molecule has 1 fully saturated rings. The average Bonchev–Trinajstić information content (AvgIpc) is 2.53. The minimum atomic E-state index is -0.408. The molecule has 2 N–H and O–H groups in total. The van der Waals surface area contributed by atoms with Crippen LogP contribution in [0.5, 0.6) is 0 Å². The predicted molar refractivity (Wildman–Crippen MR) is 78.4 cm³/mol. The molecule has 0 bridgehead atoms. The van der Waals surface area contributed by atoms with Crippen LogP contribution in [0.2, 0.25) is 0 Å². The number of likely N-dealkylation sites (N-methyl/N-ethyl adjacent to an activating group) is 1. The maximum atomic E-state index is 12.0. The first-order valence-corrected chi connectivity index (χ1v) is 6.83. The maximum absolute atomic E-state index is 12.0. The first-order chi connectivity index (χ1) is 10.1. The number of esters is 1. The molecule has 7 heteroatoms. The minimum Gasteiger partial charge on any atom is -0.465 e. The van der Waals surface area contributed by atoms with Crippen LogP contribution in [0.1, 0.15) is 16.1 Å². The molecule has 7 nitrogen and oxygen atoms in total. The molecule has 1 aromatic rings. The molecular formula is C14H20N4O3. The first kappa shape index (κ1) is 15.2. The predicted octanol–water partition coefficient (Wildman–Crippen LogP) is -0.299. The smallest absolute Gasteiger partial charge is 0.339 e. The van der Waals surface area contributed by atoms with Gasteiger partial charge in [-0.05, 0) is 19.1 Å². The lowest BCUT2D eigenvalue weighted by molar-refractivity contribution is -0.122. The summed E-state index contributed by atoms with van der Waals surface area (Å²) in [7, 11) is 2.96. The summed E-state index contributed by atoms with van der Waals surface area (Å²) in [5.41, 5.74) is 1.03. The SMILES string of the molecule is CNC(=O)C1CNCCN1c1ccc(C(=O)OC)c(C)n1. The molecule has 2 rings (SSSR count). The zero-order chi connectivity index (χ0) is 15.4. The van der Waals surface area contributed by atoms with Crippen LogP contribution in [0.4, 0.5) is 5.82 Å². The van der Waals surface area contributed by atoms with Crippen molar-refractivity contribution in [2.45, 2.75) is 13.0 Å². The lowest BCUT2D eigenvalue weighted by Crippen LogP contribution is -2.58. The van der Waals surface area contributed by atoms with Crippen LogP contribution in [0, 0.1) is 6.92 Å². The number of carbonyl (C=O) groups is 2. The van der Waals surface area contributed by atoms with Crippen molar-refractivity contribution in [2.75, 3.05) is 38.7 Å². The molecule has 0 aromatic carbocycles. The Morgan fingerprint density at radius 1 is 1.48 bits per heavy atom. The molecule has 0 radical (unpaired) electrons. The molecule has 21 heavy (non-hydrogen) atoms. The van der Waals surface area contributed by atoms with Gasteiger partial charge in [0.25, 0.3) is 0 Å². The summed E-state index contributed by atoms with van der Waals surface area (Å²) in [6, 6.07) is 3.13. The number of carbonyl (C=O) groups excluding carboxylic acids is 2. The number of hydrogen-bond donors (Lipinski definition) is 2. The number of aryl methyl sites for hydroxylation is 1. The number of rotatable bonds is 3. The van der Waals surface area contributed by atoms with Crippen LogP contribution >= 0.6 is 0 Å². The molecule has 114 valence electrons. The van der Waals surface area contributed by atoms with E-state index in [2.05, 4.69) is 15.6 Å². The van der Waals surface area contributed by atoms with E-state index < -0.39 is 5.97 Å². The Bertz CT molecular complexity index is 547. The molecule has 0 aliphatic carbocycles. The van der Waals surface area contributed by atoms with E-state index in [4.69, 9.17) is 4.74 Å². The Balaban J connectivity index is 2.29. The van der Waals surface area contributed by atoms with Crippen molar-refractivity contribution >= 4 is 17.7 Å². The molecule has 1 aromatic heterocycles. The van der Waals surface area contributed by atoms with Gasteiger partial charge in [0.15, 0.2) is 0 Å². The number of aromatic nitrogens is 1. The second-order valence-electron chi connectivity index (χ2n) is 4.82. The van der Waals surface area contributed by atoms with Crippen molar-refractivity contribution in [3.63, 3.8) is 0 Å². The average molecular weight is 292 g/mol. The van der Waals surface area contributed by atoms with E-state index >= 15 is 0 Å². The molecule has 1 saturated heterocycles. The number of hydrogen-bond acceptors (Lipinski definition) is 6. The number of methoxy groups -OCH3 is 1. The van der Waals surface area contributed by atoms with E-state index in [9.17, 15) is 9.59 Å². The van der Waals surface area contributed by atoms with Gasteiger partial charge < -0.3 is 20.3 Å². The number of anilines is 1. The summed E-state index contributed by atoms with van der Waals surface area (Å²) >= 11 is 0. The lowest BCUT2D eigenvalue weighted by Gasteiger charge is -2.36. The highest BCUT2D eigenvalue weighted by molar-refractivity contribution is 5.91. The highest BCUT2D eigenvalue weighted by Crippen LogP contribution is 2.19. The van der Waals surface area contributed by atoms with Crippen molar-refractivity contribution in [1.82, 2.24) is 15.6 Å². The van der Waals surface area contributed by atoms with E-state index in [0.29, 0.717) is 30.2 Å². The number of amides is 1. The van der Waals surface area contributed by atoms with Crippen LogP contribution in [0.15, 0.2) is 12.1 Å². The zero-order valence-corrected chi connectivity index (χ0v) is 12.5. The summed E-state index contributed by atoms with van der Waals surface area (Å²) < 4.78 is 4.71. The van der Waals surface area contributed by atoms with E-state index in [-0.39, 0.29) is 11.9 Å². The number of piperazine rings is 1. The van der Waals surface area contributed by atoms with E-state index in [1.165, 1.54) is 7.11 Å². The fraction of sp³-hybridized carbons (Fsp3) is 0.500. The topological polar surface area (TPSA) is 83.6 Å². The molecule has 0 spiro atoms. The van der Waals surface area contributed by atoms with Gasteiger partial charge in [0, 0.05) is 26.7 Å². The summed E-state index contributed by atoms with van der Waals surface area (Å²) in [6.07, 6.45) is 0. The van der Waals surface area contributed by atoms with E-state index in [1.54, 1.807) is 26.1 Å². The van der Waals surface area contributed by atoms with Crippen molar-refractivity contribution in [2.24, 2.45) is 0 Å². The van der Waals surface area contributed by atoms with Gasteiger partial charge in [-0.1, -0.05) is 0 Å². The second-order valence-corrected chi connectivity index (χ2v) is 4.82. The quantitative estimate of drug-likeness (QED) is 0.744. The fourth-order valence-corrected chi connectivity index (χ4v) is 2.41. The Hall–Kier alpha value is -2.15. The number of pyridine rings is 1. The van der Waals surface area contributed by atoms with Crippen LogP contribution in [0.25, 0.3) is 0 Å². The molecule has 1 atom stereocenters. The molecule has 1 amide bonds. The van der Waals surface area contributed by atoms with E-state index in [1.807, 2.05) is 4.90 Å². The summed E-state index contributed by atoms with van der Waals surface area (Å²) in [5.74, 6) is 0.226. The fourth-order valence-electron chi connectivity index (χ4n) is 2.41. The largest absolute Gasteiger partial charge is 0.465 e. The highest BCUT2D eigenvalue weighted by atomic mass is 16.5. The van der Waals surface area contributed by atoms with E-state index in [0.717, 1.165) is 6.54 Å². The van der Waals surface area contributed by atoms with Crippen molar-refractivity contribution in [1.29, 1.82) is 0 Å². The lowest BCUT2D eigenvalue weighted by atomic mass is 10.1. The summed E-state index contributed by atoms with van der Waals surface area (Å²) in [5, 5.41) is 5.86. The number of nitrogens with zero attached hydrogens (tertiary/aromatic N) is 2. The van der Waals surface area contributed by atoms with Crippen molar-refractivity contribution < 1.29 is 14.3 Å².